The Labute approximate surface area is 101 Å². The van der Waals surface area contributed by atoms with Crippen molar-refractivity contribution in [3.63, 3.8) is 0 Å². The van der Waals surface area contributed by atoms with Gasteiger partial charge in [0.15, 0.2) is 0 Å². The van der Waals surface area contributed by atoms with E-state index < -0.39 is 18.0 Å². The maximum absolute atomic E-state index is 11.4. The molecular formula is C11H21N3O3. The highest BCUT2D eigenvalue weighted by atomic mass is 16.4. The smallest absolute Gasteiger partial charge is 0.325 e. The zero-order valence-corrected chi connectivity index (χ0v) is 10.4. The summed E-state index contributed by atoms with van der Waals surface area (Å²) in [5.74, 6) is -1.03. The van der Waals surface area contributed by atoms with E-state index in [0.717, 1.165) is 13.0 Å². The van der Waals surface area contributed by atoms with Gasteiger partial charge in [0, 0.05) is 12.6 Å². The van der Waals surface area contributed by atoms with Crippen LogP contribution in [0.5, 0.6) is 0 Å². The van der Waals surface area contributed by atoms with Gasteiger partial charge in [0.2, 0.25) is 0 Å². The Kier molecular flexibility index (Phi) is 5.21. The number of carbonyl (C=O) groups excluding carboxylic acids is 1. The number of amides is 2. The number of piperidine rings is 1. The molecule has 1 fully saturated rings. The molecular weight excluding hydrogens is 222 g/mol. The van der Waals surface area contributed by atoms with Crippen molar-refractivity contribution in [1.82, 2.24) is 15.5 Å². The second kappa shape index (κ2) is 6.44. The number of carboxylic acid groups (broad SMARTS) is 1. The van der Waals surface area contributed by atoms with E-state index in [1.165, 1.54) is 19.8 Å². The van der Waals surface area contributed by atoms with E-state index >= 15 is 0 Å². The monoisotopic (exact) mass is 243 g/mol. The number of nitrogens with zero attached hydrogens (tertiary/aromatic N) is 1. The minimum absolute atomic E-state index is 0.356. The topological polar surface area (TPSA) is 81.7 Å². The summed E-state index contributed by atoms with van der Waals surface area (Å²) in [6.07, 6.45) is 3.46. The van der Waals surface area contributed by atoms with E-state index in [4.69, 9.17) is 5.11 Å². The predicted molar refractivity (Wildman–Crippen MR) is 63.9 cm³/mol. The molecule has 0 saturated carbocycles. The molecule has 6 heteroatoms. The van der Waals surface area contributed by atoms with Crippen LogP contribution < -0.4 is 10.6 Å². The fourth-order valence-electron chi connectivity index (χ4n) is 1.92. The Hall–Kier alpha value is -1.30. The first kappa shape index (κ1) is 13.8. The van der Waals surface area contributed by atoms with Crippen LogP contribution in [0.4, 0.5) is 4.79 Å². The number of carbonyl (C=O) groups is 2. The molecule has 1 rings (SSSR count). The summed E-state index contributed by atoms with van der Waals surface area (Å²) in [6, 6.07) is -0.924. The number of hydrogen-bond acceptors (Lipinski definition) is 3. The van der Waals surface area contributed by atoms with Crippen LogP contribution in [-0.4, -0.2) is 54.2 Å². The van der Waals surface area contributed by atoms with Gasteiger partial charge < -0.3 is 20.6 Å². The molecule has 2 amide bonds. The first-order chi connectivity index (χ1) is 8.00. The molecule has 0 radical (unpaired) electrons. The molecule has 0 spiro atoms. The highest BCUT2D eigenvalue weighted by Gasteiger charge is 2.20. The zero-order chi connectivity index (χ0) is 12.8. The Morgan fingerprint density at radius 1 is 1.47 bits per heavy atom. The van der Waals surface area contributed by atoms with Gasteiger partial charge in [-0.1, -0.05) is 6.42 Å². The number of hydrogen-bond donors (Lipinski definition) is 3. The molecule has 1 aliphatic heterocycles. The summed E-state index contributed by atoms with van der Waals surface area (Å²) in [5.41, 5.74) is 0. The van der Waals surface area contributed by atoms with Crippen molar-refractivity contribution in [1.29, 1.82) is 0 Å². The van der Waals surface area contributed by atoms with Gasteiger partial charge in [-0.15, -0.1) is 0 Å². The largest absolute Gasteiger partial charge is 0.480 e. The molecule has 6 nitrogen and oxygen atoms in total. The quantitative estimate of drug-likeness (QED) is 0.661. The highest BCUT2D eigenvalue weighted by Crippen LogP contribution is 2.13. The molecule has 0 bridgehead atoms. The lowest BCUT2D eigenvalue weighted by molar-refractivity contribution is -0.138. The molecule has 2 atom stereocenters. The first-order valence-electron chi connectivity index (χ1n) is 5.98. The molecule has 1 aliphatic rings. The van der Waals surface area contributed by atoms with Gasteiger partial charge in [-0.2, -0.15) is 0 Å². The predicted octanol–water partition coefficient (Wildman–Crippen LogP) is 0.243. The Bertz CT molecular complexity index is 283. The molecule has 1 heterocycles. The maximum Gasteiger partial charge on any atom is 0.325 e. The third kappa shape index (κ3) is 4.60. The maximum atomic E-state index is 11.4. The number of aliphatic carboxylic acids is 1. The number of urea groups is 1. The summed E-state index contributed by atoms with van der Waals surface area (Å²) in [5, 5.41) is 13.7. The number of carboxylic acids is 1. The van der Waals surface area contributed by atoms with Gasteiger partial charge in [-0.3, -0.25) is 4.79 Å². The normalized spacial score (nSPS) is 22.8. The van der Waals surface area contributed by atoms with Crippen LogP contribution in [0.15, 0.2) is 0 Å². The van der Waals surface area contributed by atoms with E-state index in [9.17, 15) is 9.59 Å². The number of rotatable bonds is 4. The average Bonchev–Trinajstić information content (AvgIpc) is 2.27. The summed E-state index contributed by atoms with van der Waals surface area (Å²) in [4.78, 5) is 24.2. The fraction of sp³-hybridized carbons (Fsp3) is 0.818. The Balaban J connectivity index is 2.25. The van der Waals surface area contributed by atoms with Crippen LogP contribution in [0.3, 0.4) is 0 Å². The van der Waals surface area contributed by atoms with Crippen molar-refractivity contribution in [3.8, 4) is 0 Å². The second-order valence-electron chi connectivity index (χ2n) is 4.54. The van der Waals surface area contributed by atoms with Gasteiger partial charge in [-0.25, -0.2) is 4.79 Å². The highest BCUT2D eigenvalue weighted by molar-refractivity contribution is 5.82. The molecule has 0 aromatic carbocycles. The van der Waals surface area contributed by atoms with Crippen LogP contribution in [-0.2, 0) is 4.79 Å². The lowest BCUT2D eigenvalue weighted by atomic mass is 10.0. The second-order valence-corrected chi connectivity index (χ2v) is 4.54. The van der Waals surface area contributed by atoms with Crippen molar-refractivity contribution >= 4 is 12.0 Å². The van der Waals surface area contributed by atoms with Crippen LogP contribution in [0, 0.1) is 0 Å². The molecule has 0 aliphatic carbocycles. The van der Waals surface area contributed by atoms with Gasteiger partial charge in [0.05, 0.1) is 0 Å². The summed E-state index contributed by atoms with van der Waals surface area (Å²) >= 11 is 0. The molecule has 0 aromatic rings. The van der Waals surface area contributed by atoms with Crippen LogP contribution in [0.1, 0.15) is 26.2 Å². The summed E-state index contributed by atoms with van der Waals surface area (Å²) in [7, 11) is 2.04. The van der Waals surface area contributed by atoms with Crippen molar-refractivity contribution in [2.75, 3.05) is 20.1 Å². The Morgan fingerprint density at radius 2 is 2.18 bits per heavy atom. The number of likely N-dealkylation sites (tertiary alicyclic amines) is 1. The average molecular weight is 243 g/mol. The molecule has 98 valence electrons. The lowest BCUT2D eigenvalue weighted by Gasteiger charge is -2.32. The third-order valence-electron chi connectivity index (χ3n) is 3.14. The number of nitrogens with one attached hydrogen (secondary N) is 2. The van der Waals surface area contributed by atoms with E-state index in [1.54, 1.807) is 0 Å². The van der Waals surface area contributed by atoms with Gasteiger partial charge in [0.25, 0.3) is 0 Å². The van der Waals surface area contributed by atoms with Crippen molar-refractivity contribution in [2.45, 2.75) is 38.3 Å². The van der Waals surface area contributed by atoms with Crippen LogP contribution in [0.2, 0.25) is 0 Å². The molecule has 3 N–H and O–H groups in total. The van der Waals surface area contributed by atoms with Crippen molar-refractivity contribution < 1.29 is 14.7 Å². The molecule has 0 aromatic heterocycles. The standard InChI is InChI=1S/C11H21N3O3/c1-8(10(15)16)13-11(17)12-7-9-5-3-4-6-14(9)2/h8-9H,3-7H2,1-2H3,(H,15,16)(H2,12,13,17). The van der Waals surface area contributed by atoms with Crippen molar-refractivity contribution in [3.05, 3.63) is 0 Å². The van der Waals surface area contributed by atoms with E-state index in [-0.39, 0.29) is 0 Å². The van der Waals surface area contributed by atoms with Crippen LogP contribution >= 0.6 is 0 Å². The molecule has 1 saturated heterocycles. The zero-order valence-electron chi connectivity index (χ0n) is 10.4. The SMILES string of the molecule is CC(NC(=O)NCC1CCCCN1C)C(=O)O. The number of likely N-dealkylation sites (N-methyl/N-ethyl adjacent to an activating group) is 1. The minimum Gasteiger partial charge on any atom is -0.480 e. The third-order valence-corrected chi connectivity index (χ3v) is 3.14. The van der Waals surface area contributed by atoms with Crippen LogP contribution in [0.25, 0.3) is 0 Å². The summed E-state index contributed by atoms with van der Waals surface area (Å²) < 4.78 is 0. The molecule has 2 unspecified atom stereocenters. The van der Waals surface area contributed by atoms with Gasteiger partial charge in [0.1, 0.15) is 6.04 Å². The first-order valence-corrected chi connectivity index (χ1v) is 5.98. The van der Waals surface area contributed by atoms with Gasteiger partial charge in [-0.05, 0) is 33.4 Å². The Morgan fingerprint density at radius 3 is 2.76 bits per heavy atom. The van der Waals surface area contributed by atoms with E-state index in [0.29, 0.717) is 12.6 Å². The van der Waals surface area contributed by atoms with E-state index in [2.05, 4.69) is 15.5 Å². The van der Waals surface area contributed by atoms with Crippen molar-refractivity contribution in [2.24, 2.45) is 0 Å². The molecule has 17 heavy (non-hydrogen) atoms. The summed E-state index contributed by atoms with van der Waals surface area (Å²) in [6.45, 7) is 3.06. The van der Waals surface area contributed by atoms with Gasteiger partial charge >= 0.3 is 12.0 Å². The van der Waals surface area contributed by atoms with E-state index in [1.807, 2.05) is 7.05 Å². The minimum atomic E-state index is -1.03. The lowest BCUT2D eigenvalue weighted by Crippen LogP contribution is -2.49. The fourth-order valence-corrected chi connectivity index (χ4v) is 1.92.